The van der Waals surface area contributed by atoms with Crippen LogP contribution in [0.3, 0.4) is 0 Å². The van der Waals surface area contributed by atoms with Crippen molar-refractivity contribution in [2.24, 2.45) is 0 Å². The minimum atomic E-state index is -4.28. The predicted molar refractivity (Wildman–Crippen MR) is 62.8 cm³/mol. The molecule has 0 N–H and O–H groups in total. The van der Waals surface area contributed by atoms with Crippen LogP contribution in [0.2, 0.25) is 0 Å². The first-order valence-corrected chi connectivity index (χ1v) is 5.71. The van der Waals surface area contributed by atoms with Crippen molar-refractivity contribution in [2.45, 2.75) is 12.6 Å². The lowest BCUT2D eigenvalue weighted by Crippen LogP contribution is -2.24. The van der Waals surface area contributed by atoms with Gasteiger partial charge in [0, 0.05) is 13.6 Å². The maximum absolute atomic E-state index is 13.8. The van der Waals surface area contributed by atoms with Gasteiger partial charge in [0.2, 0.25) is 0 Å². The molecule has 0 unspecified atom stereocenters. The van der Waals surface area contributed by atoms with Gasteiger partial charge < -0.3 is 4.90 Å². The zero-order valence-corrected chi connectivity index (χ0v) is 10.9. The second-order valence-electron chi connectivity index (χ2n) is 3.66. The van der Waals surface area contributed by atoms with Crippen LogP contribution in [0.4, 0.5) is 23.2 Å². The third-order valence-electron chi connectivity index (χ3n) is 2.32. The summed E-state index contributed by atoms with van der Waals surface area (Å²) >= 11 is 2.90. The van der Waals surface area contributed by atoms with Crippen LogP contribution in [-0.2, 0) is 0 Å². The zero-order chi connectivity index (χ0) is 13.9. The van der Waals surface area contributed by atoms with E-state index < -0.39 is 18.4 Å². The zero-order valence-electron chi connectivity index (χ0n) is 9.35. The molecule has 0 aliphatic heterocycles. The van der Waals surface area contributed by atoms with E-state index in [1.54, 1.807) is 6.07 Å². The Bertz CT molecular complexity index is 479. The highest BCUT2D eigenvalue weighted by Gasteiger charge is 2.27. The summed E-state index contributed by atoms with van der Waals surface area (Å²) in [6.07, 6.45) is -5.31. The van der Waals surface area contributed by atoms with Crippen LogP contribution in [0.1, 0.15) is 12.0 Å². The van der Waals surface area contributed by atoms with Gasteiger partial charge in [-0.15, -0.1) is 0 Å². The molecule has 2 nitrogen and oxygen atoms in total. The van der Waals surface area contributed by atoms with Gasteiger partial charge >= 0.3 is 6.18 Å². The lowest BCUT2D eigenvalue weighted by Gasteiger charge is -2.21. The summed E-state index contributed by atoms with van der Waals surface area (Å²) in [5, 5.41) is 8.67. The van der Waals surface area contributed by atoms with Crippen LogP contribution in [0.5, 0.6) is 0 Å². The molecule has 0 saturated carbocycles. The first-order valence-electron chi connectivity index (χ1n) is 4.92. The normalized spacial score (nSPS) is 11.2. The molecule has 1 aromatic rings. The van der Waals surface area contributed by atoms with Crippen LogP contribution in [-0.4, -0.2) is 19.8 Å². The molecule has 0 spiro atoms. The minimum absolute atomic E-state index is 0.0186. The average molecular weight is 325 g/mol. The molecular weight excluding hydrogens is 316 g/mol. The molecule has 0 bridgehead atoms. The summed E-state index contributed by atoms with van der Waals surface area (Å²) in [4.78, 5) is 1.16. The molecule has 1 aromatic carbocycles. The van der Waals surface area contributed by atoms with Crippen molar-refractivity contribution < 1.29 is 17.6 Å². The van der Waals surface area contributed by atoms with Gasteiger partial charge in [-0.05, 0) is 28.1 Å². The topological polar surface area (TPSA) is 27.0 Å². The van der Waals surface area contributed by atoms with Crippen molar-refractivity contribution in [3.63, 3.8) is 0 Å². The second kappa shape index (κ2) is 5.57. The molecule has 0 amide bonds. The van der Waals surface area contributed by atoms with E-state index in [2.05, 4.69) is 15.9 Å². The highest BCUT2D eigenvalue weighted by molar-refractivity contribution is 9.10. The number of nitrogens with zero attached hydrogens (tertiary/aromatic N) is 2. The van der Waals surface area contributed by atoms with Gasteiger partial charge in [-0.3, -0.25) is 0 Å². The molecule has 1 rings (SSSR count). The Hall–Kier alpha value is -1.29. The first-order chi connectivity index (χ1) is 8.26. The SMILES string of the molecule is CN(CCC(F)(F)F)c1ccc(C#N)c(Br)c1F. The van der Waals surface area contributed by atoms with E-state index in [-0.39, 0.29) is 22.3 Å². The number of nitriles is 1. The smallest absolute Gasteiger partial charge is 0.372 e. The molecule has 0 fully saturated rings. The molecule has 7 heteroatoms. The third kappa shape index (κ3) is 3.60. The summed E-state index contributed by atoms with van der Waals surface area (Å²) in [5.74, 6) is -0.737. The Morgan fingerprint density at radius 3 is 2.50 bits per heavy atom. The summed E-state index contributed by atoms with van der Waals surface area (Å²) < 4.78 is 49.9. The number of benzene rings is 1. The maximum Gasteiger partial charge on any atom is 0.390 e. The van der Waals surface area contributed by atoms with Crippen LogP contribution in [0, 0.1) is 17.1 Å². The highest BCUT2D eigenvalue weighted by atomic mass is 79.9. The highest BCUT2D eigenvalue weighted by Crippen LogP contribution is 2.29. The molecule has 0 radical (unpaired) electrons. The molecule has 0 saturated heterocycles. The van der Waals surface area contributed by atoms with Crippen LogP contribution in [0.25, 0.3) is 0 Å². The van der Waals surface area contributed by atoms with Crippen LogP contribution in [0.15, 0.2) is 16.6 Å². The van der Waals surface area contributed by atoms with E-state index in [0.717, 1.165) is 4.90 Å². The number of halogens is 5. The number of hydrogen-bond donors (Lipinski definition) is 0. The van der Waals surface area contributed by atoms with E-state index in [0.29, 0.717) is 0 Å². The summed E-state index contributed by atoms with van der Waals surface area (Å²) in [7, 11) is 1.36. The molecule has 0 aromatic heterocycles. The van der Waals surface area contributed by atoms with Crippen molar-refractivity contribution in [3.05, 3.63) is 28.0 Å². The lowest BCUT2D eigenvalue weighted by atomic mass is 10.2. The standard InChI is InChI=1S/C11H9BrF4N2/c1-18(5-4-11(14,15)16)8-3-2-7(6-17)9(12)10(8)13/h2-3H,4-5H2,1H3. The third-order valence-corrected chi connectivity index (χ3v) is 3.10. The average Bonchev–Trinajstić information content (AvgIpc) is 2.28. The lowest BCUT2D eigenvalue weighted by molar-refractivity contribution is -0.132. The van der Waals surface area contributed by atoms with Crippen molar-refractivity contribution >= 4 is 21.6 Å². The Balaban J connectivity index is 2.91. The van der Waals surface area contributed by atoms with Crippen molar-refractivity contribution in [3.8, 4) is 6.07 Å². The summed E-state index contributed by atoms with van der Waals surface area (Å²) in [6.45, 7) is -0.348. The van der Waals surface area contributed by atoms with Gasteiger partial charge in [-0.25, -0.2) is 4.39 Å². The quantitative estimate of drug-likeness (QED) is 0.790. The largest absolute Gasteiger partial charge is 0.390 e. The Morgan fingerprint density at radius 1 is 1.39 bits per heavy atom. The minimum Gasteiger partial charge on any atom is -0.372 e. The van der Waals surface area contributed by atoms with Gasteiger partial charge in [0.15, 0.2) is 5.82 Å². The Morgan fingerprint density at radius 2 is 2.00 bits per heavy atom. The summed E-state index contributed by atoms with van der Waals surface area (Å²) in [5.41, 5.74) is 0.116. The fraction of sp³-hybridized carbons (Fsp3) is 0.364. The van der Waals surface area contributed by atoms with E-state index in [1.807, 2.05) is 0 Å². The predicted octanol–water partition coefficient (Wildman–Crippen LogP) is 3.85. The van der Waals surface area contributed by atoms with Crippen LogP contribution < -0.4 is 4.90 Å². The molecule has 98 valence electrons. The molecule has 0 aliphatic carbocycles. The first kappa shape index (κ1) is 14.8. The molecule has 0 heterocycles. The van der Waals surface area contributed by atoms with Gasteiger partial charge in [-0.2, -0.15) is 18.4 Å². The summed E-state index contributed by atoms with van der Waals surface area (Å²) in [6, 6.07) is 4.41. The van der Waals surface area contributed by atoms with E-state index in [9.17, 15) is 17.6 Å². The molecule has 18 heavy (non-hydrogen) atoms. The maximum atomic E-state index is 13.8. The van der Waals surface area contributed by atoms with Gasteiger partial charge in [0.25, 0.3) is 0 Å². The number of hydrogen-bond acceptors (Lipinski definition) is 2. The van der Waals surface area contributed by atoms with Crippen molar-refractivity contribution in [1.29, 1.82) is 5.26 Å². The number of rotatable bonds is 3. The van der Waals surface area contributed by atoms with Crippen LogP contribution >= 0.6 is 15.9 Å². The van der Waals surface area contributed by atoms with Gasteiger partial charge in [0.1, 0.15) is 6.07 Å². The molecular formula is C11H9BrF4N2. The second-order valence-corrected chi connectivity index (χ2v) is 4.45. The van der Waals surface area contributed by atoms with Gasteiger partial charge in [0.05, 0.1) is 22.1 Å². The van der Waals surface area contributed by atoms with Crippen molar-refractivity contribution in [2.75, 3.05) is 18.5 Å². The van der Waals surface area contributed by atoms with Gasteiger partial charge in [-0.1, -0.05) is 0 Å². The number of alkyl halides is 3. The fourth-order valence-electron chi connectivity index (χ4n) is 1.34. The number of anilines is 1. The Kier molecular flexibility index (Phi) is 4.57. The Labute approximate surface area is 110 Å². The van der Waals surface area contributed by atoms with E-state index in [4.69, 9.17) is 5.26 Å². The van der Waals surface area contributed by atoms with Crippen molar-refractivity contribution in [1.82, 2.24) is 0 Å². The molecule has 0 aliphatic rings. The van der Waals surface area contributed by atoms with E-state index >= 15 is 0 Å². The monoisotopic (exact) mass is 324 g/mol. The van der Waals surface area contributed by atoms with E-state index in [1.165, 1.54) is 19.2 Å². The fourth-order valence-corrected chi connectivity index (χ4v) is 1.76. The molecule has 0 atom stereocenters.